The SMILES string of the molecule is O/N=C1\CCn2c1nnc2C(F)(F)F. The number of hydrogen-bond donors (Lipinski definition) is 1. The topological polar surface area (TPSA) is 63.3 Å². The standard InChI is InChI=1S/C6H5F3N4O/c7-6(8,9)5-11-10-4-3(12-14)1-2-13(4)5/h14H,1-2H2/b12-3+. The first-order valence-electron chi connectivity index (χ1n) is 3.75. The lowest BCUT2D eigenvalue weighted by Crippen LogP contribution is -2.13. The molecule has 1 aromatic rings. The lowest BCUT2D eigenvalue weighted by atomic mass is 10.3. The van der Waals surface area contributed by atoms with Crippen molar-refractivity contribution in [3.05, 3.63) is 11.6 Å². The molecule has 1 aromatic heterocycles. The average molecular weight is 206 g/mol. The van der Waals surface area contributed by atoms with Gasteiger partial charge in [-0.1, -0.05) is 5.16 Å². The largest absolute Gasteiger partial charge is 0.451 e. The van der Waals surface area contributed by atoms with Crippen molar-refractivity contribution in [3.8, 4) is 0 Å². The maximum Gasteiger partial charge on any atom is 0.451 e. The molecule has 0 spiro atoms. The van der Waals surface area contributed by atoms with Crippen molar-refractivity contribution in [2.75, 3.05) is 0 Å². The molecule has 1 N–H and O–H groups in total. The monoisotopic (exact) mass is 206 g/mol. The summed E-state index contributed by atoms with van der Waals surface area (Å²) < 4.78 is 37.7. The van der Waals surface area contributed by atoms with Crippen molar-refractivity contribution in [2.24, 2.45) is 5.16 Å². The van der Waals surface area contributed by atoms with Gasteiger partial charge >= 0.3 is 6.18 Å². The fraction of sp³-hybridized carbons (Fsp3) is 0.500. The Bertz CT molecular complexity index is 394. The molecule has 0 aromatic carbocycles. The van der Waals surface area contributed by atoms with E-state index in [9.17, 15) is 13.2 Å². The van der Waals surface area contributed by atoms with Crippen LogP contribution in [0.15, 0.2) is 5.16 Å². The Hall–Kier alpha value is -1.60. The molecule has 0 atom stereocenters. The first-order valence-corrected chi connectivity index (χ1v) is 3.75. The summed E-state index contributed by atoms with van der Waals surface area (Å²) in [5, 5.41) is 17.6. The Morgan fingerprint density at radius 2 is 2.07 bits per heavy atom. The third-order valence-corrected chi connectivity index (χ3v) is 1.96. The van der Waals surface area contributed by atoms with Crippen LogP contribution < -0.4 is 0 Å². The second kappa shape index (κ2) is 2.69. The average Bonchev–Trinajstić information content (AvgIpc) is 2.59. The Morgan fingerprint density at radius 1 is 1.36 bits per heavy atom. The normalized spacial score (nSPS) is 18.9. The summed E-state index contributed by atoms with van der Waals surface area (Å²) >= 11 is 0. The van der Waals surface area contributed by atoms with Crippen LogP contribution in [-0.2, 0) is 12.7 Å². The van der Waals surface area contributed by atoms with Crippen molar-refractivity contribution in [1.29, 1.82) is 0 Å². The number of nitrogens with zero attached hydrogens (tertiary/aromatic N) is 4. The Kier molecular flexibility index (Phi) is 1.73. The zero-order valence-corrected chi connectivity index (χ0v) is 6.78. The van der Waals surface area contributed by atoms with Gasteiger partial charge in [0.1, 0.15) is 5.71 Å². The quantitative estimate of drug-likeness (QED) is 0.506. The number of fused-ring (bicyclic) bond motifs is 1. The third kappa shape index (κ3) is 1.14. The van der Waals surface area contributed by atoms with Gasteiger partial charge in [-0.3, -0.25) is 0 Å². The van der Waals surface area contributed by atoms with Gasteiger partial charge in [0.15, 0.2) is 5.82 Å². The van der Waals surface area contributed by atoms with Crippen molar-refractivity contribution in [2.45, 2.75) is 19.1 Å². The minimum Gasteiger partial charge on any atom is -0.411 e. The van der Waals surface area contributed by atoms with E-state index in [2.05, 4.69) is 15.4 Å². The molecule has 0 amide bonds. The Balaban J connectivity index is 2.51. The smallest absolute Gasteiger partial charge is 0.411 e. The van der Waals surface area contributed by atoms with E-state index in [-0.39, 0.29) is 24.5 Å². The molecular weight excluding hydrogens is 201 g/mol. The van der Waals surface area contributed by atoms with Crippen LogP contribution in [0, 0.1) is 0 Å². The molecule has 5 nitrogen and oxygen atoms in total. The van der Waals surface area contributed by atoms with Crippen LogP contribution in [0.4, 0.5) is 13.2 Å². The minimum absolute atomic E-state index is 0.0141. The molecule has 76 valence electrons. The molecule has 0 saturated heterocycles. The highest BCUT2D eigenvalue weighted by Gasteiger charge is 2.40. The van der Waals surface area contributed by atoms with E-state index in [0.717, 1.165) is 4.57 Å². The third-order valence-electron chi connectivity index (χ3n) is 1.96. The van der Waals surface area contributed by atoms with Gasteiger partial charge in [0.2, 0.25) is 5.82 Å². The first-order chi connectivity index (χ1) is 6.54. The number of hydrogen-bond acceptors (Lipinski definition) is 4. The zero-order chi connectivity index (χ0) is 10.3. The van der Waals surface area contributed by atoms with Gasteiger partial charge in [0.05, 0.1) is 0 Å². The zero-order valence-electron chi connectivity index (χ0n) is 6.78. The Morgan fingerprint density at radius 3 is 2.64 bits per heavy atom. The number of rotatable bonds is 0. The van der Waals surface area contributed by atoms with Crippen molar-refractivity contribution < 1.29 is 18.4 Å². The van der Waals surface area contributed by atoms with Crippen LogP contribution in [0.2, 0.25) is 0 Å². The molecule has 2 heterocycles. The van der Waals surface area contributed by atoms with Crippen LogP contribution in [0.3, 0.4) is 0 Å². The van der Waals surface area contributed by atoms with E-state index in [4.69, 9.17) is 5.21 Å². The van der Waals surface area contributed by atoms with Crippen molar-refractivity contribution in [3.63, 3.8) is 0 Å². The predicted molar refractivity (Wildman–Crippen MR) is 38.0 cm³/mol. The lowest BCUT2D eigenvalue weighted by Gasteiger charge is -2.04. The highest BCUT2D eigenvalue weighted by atomic mass is 19.4. The number of halogens is 3. The van der Waals surface area contributed by atoms with Crippen LogP contribution in [-0.4, -0.2) is 25.7 Å². The Labute approximate surface area is 75.9 Å². The molecule has 0 bridgehead atoms. The van der Waals surface area contributed by atoms with E-state index in [0.29, 0.717) is 0 Å². The van der Waals surface area contributed by atoms with Gasteiger partial charge < -0.3 is 9.77 Å². The molecule has 0 saturated carbocycles. The summed E-state index contributed by atoms with van der Waals surface area (Å²) in [6, 6.07) is 0. The second-order valence-electron chi connectivity index (χ2n) is 2.79. The molecular formula is C6H5F3N4O. The highest BCUT2D eigenvalue weighted by Crippen LogP contribution is 2.30. The van der Waals surface area contributed by atoms with Crippen molar-refractivity contribution >= 4 is 5.71 Å². The highest BCUT2D eigenvalue weighted by molar-refractivity contribution is 5.98. The van der Waals surface area contributed by atoms with Gasteiger partial charge in [-0.15, -0.1) is 10.2 Å². The molecule has 1 aliphatic rings. The van der Waals surface area contributed by atoms with E-state index >= 15 is 0 Å². The summed E-state index contributed by atoms with van der Waals surface area (Å²) in [4.78, 5) is 0. The van der Waals surface area contributed by atoms with E-state index in [1.54, 1.807) is 0 Å². The lowest BCUT2D eigenvalue weighted by molar-refractivity contribution is -0.147. The van der Waals surface area contributed by atoms with Gasteiger partial charge in [-0.25, -0.2) is 0 Å². The summed E-state index contributed by atoms with van der Waals surface area (Å²) in [5.74, 6) is -1.06. The molecule has 0 fully saturated rings. The van der Waals surface area contributed by atoms with Crippen LogP contribution in [0.1, 0.15) is 18.1 Å². The summed E-state index contributed by atoms with van der Waals surface area (Å²) in [6.07, 6.45) is -4.28. The molecule has 0 radical (unpaired) electrons. The molecule has 0 unspecified atom stereocenters. The predicted octanol–water partition coefficient (Wildman–Crippen LogP) is 0.879. The summed E-state index contributed by atoms with van der Waals surface area (Å²) in [7, 11) is 0. The summed E-state index contributed by atoms with van der Waals surface area (Å²) in [6.45, 7) is 0.0938. The molecule has 2 rings (SSSR count). The maximum atomic E-state index is 12.3. The van der Waals surface area contributed by atoms with Gasteiger partial charge in [-0.05, 0) is 0 Å². The van der Waals surface area contributed by atoms with E-state index in [1.165, 1.54) is 0 Å². The molecule has 1 aliphatic heterocycles. The maximum absolute atomic E-state index is 12.3. The number of aromatic nitrogens is 3. The minimum atomic E-state index is -4.52. The first kappa shape index (κ1) is 8.97. The summed E-state index contributed by atoms with van der Waals surface area (Å²) in [5.41, 5.74) is 0.132. The molecule has 14 heavy (non-hydrogen) atoms. The van der Waals surface area contributed by atoms with Gasteiger partial charge in [-0.2, -0.15) is 13.2 Å². The van der Waals surface area contributed by atoms with E-state index in [1.807, 2.05) is 0 Å². The van der Waals surface area contributed by atoms with Crippen LogP contribution >= 0.6 is 0 Å². The van der Waals surface area contributed by atoms with Gasteiger partial charge in [0, 0.05) is 13.0 Å². The molecule has 8 heteroatoms. The second-order valence-corrected chi connectivity index (χ2v) is 2.79. The molecule has 0 aliphatic carbocycles. The van der Waals surface area contributed by atoms with Crippen LogP contribution in [0.5, 0.6) is 0 Å². The van der Waals surface area contributed by atoms with Gasteiger partial charge in [0.25, 0.3) is 0 Å². The number of alkyl halides is 3. The van der Waals surface area contributed by atoms with E-state index < -0.39 is 12.0 Å². The number of oxime groups is 1. The van der Waals surface area contributed by atoms with Crippen molar-refractivity contribution in [1.82, 2.24) is 14.8 Å². The van der Waals surface area contributed by atoms with Crippen LogP contribution in [0.25, 0.3) is 0 Å². The fourth-order valence-corrected chi connectivity index (χ4v) is 1.36. The fourth-order valence-electron chi connectivity index (χ4n) is 1.36.